The van der Waals surface area contributed by atoms with Crippen molar-refractivity contribution in [2.24, 2.45) is 11.3 Å². The Kier molecular flexibility index (Phi) is 5.48. The van der Waals surface area contributed by atoms with Gasteiger partial charge in [-0.15, -0.1) is 11.8 Å². The van der Waals surface area contributed by atoms with Crippen molar-refractivity contribution in [1.29, 1.82) is 0 Å². The Morgan fingerprint density at radius 3 is 2.88 bits per heavy atom. The van der Waals surface area contributed by atoms with E-state index in [9.17, 15) is 13.2 Å². The van der Waals surface area contributed by atoms with Crippen molar-refractivity contribution in [3.8, 4) is 0 Å². The zero-order valence-electron chi connectivity index (χ0n) is 15.4. The van der Waals surface area contributed by atoms with Crippen LogP contribution in [-0.4, -0.2) is 66.1 Å². The topological polar surface area (TPSA) is 92.3 Å². The maximum Gasteiger partial charge on any atom is 0.228 e. The molecule has 3 heterocycles. The van der Waals surface area contributed by atoms with Gasteiger partial charge in [0.1, 0.15) is 5.03 Å². The van der Waals surface area contributed by atoms with E-state index in [1.807, 2.05) is 11.2 Å². The highest BCUT2D eigenvalue weighted by Crippen LogP contribution is 2.35. The quantitative estimate of drug-likeness (QED) is 0.596. The number of anilines is 1. The normalized spacial score (nSPS) is 30.5. The van der Waals surface area contributed by atoms with Gasteiger partial charge >= 0.3 is 0 Å². The Hall–Kier alpha value is -1.35. The van der Waals surface area contributed by atoms with Crippen molar-refractivity contribution in [2.75, 3.05) is 36.2 Å². The van der Waals surface area contributed by atoms with Crippen LogP contribution < -0.4 is 5.32 Å². The monoisotopic (exact) mass is 398 g/mol. The summed E-state index contributed by atoms with van der Waals surface area (Å²) in [5, 5.41) is 3.89. The molecular formula is C17H26N4O3S2. The molecule has 1 N–H and O–H groups in total. The van der Waals surface area contributed by atoms with Crippen LogP contribution in [0.15, 0.2) is 17.3 Å². The minimum atomic E-state index is -3.26. The van der Waals surface area contributed by atoms with Crippen molar-refractivity contribution in [2.45, 2.75) is 37.8 Å². The van der Waals surface area contributed by atoms with Crippen molar-refractivity contribution in [3.63, 3.8) is 0 Å². The van der Waals surface area contributed by atoms with Crippen molar-refractivity contribution < 1.29 is 13.2 Å². The number of carbonyl (C=O) groups excluding carboxylic acids is 1. The van der Waals surface area contributed by atoms with E-state index in [1.165, 1.54) is 11.8 Å². The molecule has 2 saturated heterocycles. The lowest BCUT2D eigenvalue weighted by Gasteiger charge is -2.27. The zero-order valence-corrected chi connectivity index (χ0v) is 17.1. The summed E-state index contributed by atoms with van der Waals surface area (Å²) in [6.07, 6.45) is 5.52. The lowest BCUT2D eigenvalue weighted by Crippen LogP contribution is -2.43. The Morgan fingerprint density at radius 2 is 2.23 bits per heavy atom. The van der Waals surface area contributed by atoms with E-state index in [1.54, 1.807) is 12.3 Å². The average molecular weight is 399 g/mol. The minimum Gasteiger partial charge on any atom is -0.350 e. The lowest BCUT2D eigenvalue weighted by molar-refractivity contribution is -0.134. The predicted molar refractivity (Wildman–Crippen MR) is 103 cm³/mol. The third kappa shape index (κ3) is 4.14. The van der Waals surface area contributed by atoms with E-state index in [0.717, 1.165) is 17.9 Å². The van der Waals surface area contributed by atoms with E-state index in [4.69, 9.17) is 0 Å². The second kappa shape index (κ2) is 7.34. The van der Waals surface area contributed by atoms with E-state index in [2.05, 4.69) is 29.1 Å². The summed E-state index contributed by atoms with van der Waals surface area (Å²) in [5.74, 6) is -0.445. The predicted octanol–water partition coefficient (Wildman–Crippen LogP) is 1.67. The van der Waals surface area contributed by atoms with Gasteiger partial charge in [-0.05, 0) is 30.6 Å². The van der Waals surface area contributed by atoms with Crippen LogP contribution in [0.5, 0.6) is 0 Å². The molecule has 9 heteroatoms. The molecular weight excluding hydrogens is 372 g/mol. The molecule has 26 heavy (non-hydrogen) atoms. The largest absolute Gasteiger partial charge is 0.350 e. The Balaban J connectivity index is 1.77. The van der Waals surface area contributed by atoms with Gasteiger partial charge in [0.05, 0.1) is 23.5 Å². The fraction of sp³-hybridized carbons (Fsp3) is 0.706. The standard InChI is InChI=1S/C17H26N4O3S2/c1-4-17(2)6-8-21(11-17)15(22)12-9-26(23,24)10-13(12)19-16-18-7-5-14(20-16)25-3/h5,7,12-13H,4,6,8-11H2,1-3H3,(H,18,19,20)/t12-,13-,17?/m1/s1. The van der Waals surface area contributed by atoms with Crippen LogP contribution in [-0.2, 0) is 14.6 Å². The molecule has 0 bridgehead atoms. The Morgan fingerprint density at radius 1 is 1.46 bits per heavy atom. The SMILES string of the molecule is CCC1(C)CCN(C(=O)[C@@H]2CS(=O)(=O)C[C@H]2Nc2nccc(SC)n2)C1. The highest BCUT2D eigenvalue weighted by molar-refractivity contribution is 7.98. The number of hydrogen-bond donors (Lipinski definition) is 1. The molecule has 0 saturated carbocycles. The smallest absolute Gasteiger partial charge is 0.228 e. The van der Waals surface area contributed by atoms with Crippen molar-refractivity contribution >= 4 is 33.5 Å². The number of amides is 1. The van der Waals surface area contributed by atoms with E-state index >= 15 is 0 Å². The molecule has 1 aromatic rings. The molecule has 0 radical (unpaired) electrons. The number of aromatic nitrogens is 2. The number of rotatable bonds is 5. The van der Waals surface area contributed by atoms with E-state index in [-0.39, 0.29) is 22.8 Å². The van der Waals surface area contributed by atoms with Crippen LogP contribution >= 0.6 is 11.8 Å². The van der Waals surface area contributed by atoms with Gasteiger partial charge in [0.2, 0.25) is 11.9 Å². The average Bonchev–Trinajstić information content (AvgIpc) is 3.15. The minimum absolute atomic E-state index is 0.0604. The molecule has 1 unspecified atom stereocenters. The summed E-state index contributed by atoms with van der Waals surface area (Å²) < 4.78 is 24.4. The first-order valence-electron chi connectivity index (χ1n) is 8.88. The molecule has 144 valence electrons. The van der Waals surface area contributed by atoms with Gasteiger partial charge in [-0.3, -0.25) is 4.79 Å². The number of carbonyl (C=O) groups is 1. The number of thioether (sulfide) groups is 1. The van der Waals surface area contributed by atoms with Crippen LogP contribution in [0.1, 0.15) is 26.7 Å². The second-order valence-corrected chi connectivity index (χ2v) is 10.5. The molecule has 0 aromatic carbocycles. The molecule has 3 rings (SSSR count). The van der Waals surface area contributed by atoms with Gasteiger partial charge in [0.25, 0.3) is 0 Å². The first-order valence-corrected chi connectivity index (χ1v) is 11.9. The fourth-order valence-corrected chi connectivity index (χ4v) is 5.95. The molecule has 1 aromatic heterocycles. The highest BCUT2D eigenvalue weighted by Gasteiger charge is 2.46. The Labute approximate surface area is 159 Å². The number of hydrogen-bond acceptors (Lipinski definition) is 7. The molecule has 2 fully saturated rings. The van der Waals surface area contributed by atoms with Gasteiger partial charge in [-0.25, -0.2) is 18.4 Å². The Bertz CT molecular complexity index is 786. The van der Waals surface area contributed by atoms with Crippen LogP contribution in [0, 0.1) is 11.3 Å². The van der Waals surface area contributed by atoms with Crippen molar-refractivity contribution in [1.82, 2.24) is 14.9 Å². The summed E-state index contributed by atoms with van der Waals surface area (Å²) in [7, 11) is -3.26. The molecule has 2 aliphatic rings. The lowest BCUT2D eigenvalue weighted by atomic mass is 9.87. The van der Waals surface area contributed by atoms with Gasteiger partial charge < -0.3 is 10.2 Å². The van der Waals surface area contributed by atoms with E-state index < -0.39 is 21.8 Å². The van der Waals surface area contributed by atoms with Crippen LogP contribution in [0.4, 0.5) is 5.95 Å². The summed E-state index contributed by atoms with van der Waals surface area (Å²) in [6, 6.07) is 1.30. The maximum atomic E-state index is 13.0. The number of nitrogens with zero attached hydrogens (tertiary/aromatic N) is 3. The van der Waals surface area contributed by atoms with Gasteiger partial charge in [0, 0.05) is 19.3 Å². The number of likely N-dealkylation sites (tertiary alicyclic amines) is 1. The molecule has 3 atom stereocenters. The van der Waals surface area contributed by atoms with Crippen LogP contribution in [0.3, 0.4) is 0 Å². The van der Waals surface area contributed by atoms with Crippen molar-refractivity contribution in [3.05, 3.63) is 12.3 Å². The first-order chi connectivity index (χ1) is 12.3. The molecule has 0 spiro atoms. The third-order valence-electron chi connectivity index (χ3n) is 5.55. The van der Waals surface area contributed by atoms with Crippen LogP contribution in [0.2, 0.25) is 0 Å². The van der Waals surface area contributed by atoms with Gasteiger partial charge in [0.15, 0.2) is 9.84 Å². The first kappa shape index (κ1) is 19.4. The van der Waals surface area contributed by atoms with Gasteiger partial charge in [-0.2, -0.15) is 0 Å². The summed E-state index contributed by atoms with van der Waals surface area (Å²) >= 11 is 1.49. The number of sulfone groups is 1. The summed E-state index contributed by atoms with van der Waals surface area (Å²) in [5.41, 5.74) is 0.131. The fourth-order valence-electron chi connectivity index (χ4n) is 3.66. The summed E-state index contributed by atoms with van der Waals surface area (Å²) in [6.45, 7) is 5.71. The van der Waals surface area contributed by atoms with Gasteiger partial charge in [-0.1, -0.05) is 13.8 Å². The van der Waals surface area contributed by atoms with Crippen LogP contribution in [0.25, 0.3) is 0 Å². The van der Waals surface area contributed by atoms with E-state index in [0.29, 0.717) is 19.0 Å². The summed E-state index contributed by atoms with van der Waals surface area (Å²) in [4.78, 5) is 23.4. The highest BCUT2D eigenvalue weighted by atomic mass is 32.2. The molecule has 1 amide bonds. The molecule has 0 aliphatic carbocycles. The maximum absolute atomic E-state index is 13.0. The molecule has 7 nitrogen and oxygen atoms in total. The molecule has 2 aliphatic heterocycles. The second-order valence-electron chi connectivity index (χ2n) is 7.53. The third-order valence-corrected chi connectivity index (χ3v) is 7.93. The number of nitrogens with one attached hydrogen (secondary N) is 1. The zero-order chi connectivity index (χ0) is 18.9.